The molecule has 4 heteroatoms. The van der Waals surface area contributed by atoms with Crippen molar-refractivity contribution in [1.29, 1.82) is 0 Å². The summed E-state index contributed by atoms with van der Waals surface area (Å²) in [5.74, 6) is -1.77. The Balaban J connectivity index is 2.76. The van der Waals surface area contributed by atoms with Crippen LogP contribution in [0, 0.1) is 6.92 Å². The highest BCUT2D eigenvalue weighted by Gasteiger charge is 2.28. The van der Waals surface area contributed by atoms with E-state index in [4.69, 9.17) is 0 Å². The van der Waals surface area contributed by atoms with Gasteiger partial charge >= 0.3 is 5.97 Å². The molecule has 0 fully saturated rings. The maximum absolute atomic E-state index is 12.8. The van der Waals surface area contributed by atoms with Gasteiger partial charge in [-0.3, -0.25) is 4.79 Å². The number of ketones is 1. The first-order valence-corrected chi connectivity index (χ1v) is 7.34. The van der Waals surface area contributed by atoms with Crippen LogP contribution >= 0.6 is 0 Å². The van der Waals surface area contributed by atoms with Gasteiger partial charge in [-0.25, -0.2) is 4.79 Å². The average molecular weight is 312 g/mol. The molecule has 0 aliphatic rings. The topological polar surface area (TPSA) is 74.6 Å². The van der Waals surface area contributed by atoms with Crippen LogP contribution in [-0.2, 0) is 5.41 Å². The number of benzene rings is 2. The highest BCUT2D eigenvalue weighted by molar-refractivity contribution is 6.12. The number of carbonyl (C=O) groups is 2. The van der Waals surface area contributed by atoms with Crippen molar-refractivity contribution in [1.82, 2.24) is 0 Å². The molecule has 0 saturated heterocycles. The molecule has 2 aromatic rings. The summed E-state index contributed by atoms with van der Waals surface area (Å²) in [6.45, 7) is 7.13. The van der Waals surface area contributed by atoms with Gasteiger partial charge < -0.3 is 10.2 Å². The van der Waals surface area contributed by atoms with Crippen LogP contribution in [0.3, 0.4) is 0 Å². The smallest absolute Gasteiger partial charge is 0.339 e. The van der Waals surface area contributed by atoms with Crippen LogP contribution in [0.2, 0.25) is 0 Å². The molecule has 0 atom stereocenters. The van der Waals surface area contributed by atoms with Crippen LogP contribution in [0.1, 0.15) is 58.2 Å². The highest BCUT2D eigenvalue weighted by Crippen LogP contribution is 2.37. The van der Waals surface area contributed by atoms with Gasteiger partial charge in [0, 0.05) is 16.7 Å². The fourth-order valence-electron chi connectivity index (χ4n) is 2.58. The molecule has 0 saturated carbocycles. The molecule has 0 heterocycles. The molecular formula is C19H20O4. The van der Waals surface area contributed by atoms with Crippen molar-refractivity contribution in [2.75, 3.05) is 0 Å². The first kappa shape index (κ1) is 16.7. The zero-order valence-corrected chi connectivity index (χ0v) is 13.7. The van der Waals surface area contributed by atoms with Gasteiger partial charge in [0.05, 0.1) is 0 Å². The third kappa shape index (κ3) is 3.11. The maximum atomic E-state index is 12.8. The summed E-state index contributed by atoms with van der Waals surface area (Å²) in [5.41, 5.74) is 0.801. The monoisotopic (exact) mass is 312 g/mol. The van der Waals surface area contributed by atoms with Crippen molar-refractivity contribution < 1.29 is 19.8 Å². The van der Waals surface area contributed by atoms with E-state index in [2.05, 4.69) is 0 Å². The van der Waals surface area contributed by atoms with Gasteiger partial charge in [0.2, 0.25) is 0 Å². The lowest BCUT2D eigenvalue weighted by Crippen LogP contribution is -2.17. The molecule has 2 N–H and O–H groups in total. The Morgan fingerprint density at radius 2 is 1.61 bits per heavy atom. The van der Waals surface area contributed by atoms with E-state index in [0.717, 1.165) is 0 Å². The summed E-state index contributed by atoms with van der Waals surface area (Å²) < 4.78 is 0. The summed E-state index contributed by atoms with van der Waals surface area (Å²) in [6.07, 6.45) is 0. The Morgan fingerprint density at radius 1 is 1.04 bits per heavy atom. The molecule has 0 spiro atoms. The Morgan fingerprint density at radius 3 is 2.09 bits per heavy atom. The molecule has 120 valence electrons. The summed E-state index contributed by atoms with van der Waals surface area (Å²) in [4.78, 5) is 24.3. The van der Waals surface area contributed by atoms with E-state index in [1.54, 1.807) is 37.3 Å². The molecule has 0 aliphatic heterocycles. The maximum Gasteiger partial charge on any atom is 0.339 e. The fourth-order valence-corrected chi connectivity index (χ4v) is 2.58. The number of hydrogen-bond donors (Lipinski definition) is 2. The van der Waals surface area contributed by atoms with Crippen molar-refractivity contribution in [3.05, 3.63) is 64.2 Å². The van der Waals surface area contributed by atoms with Crippen LogP contribution in [0.15, 0.2) is 36.4 Å². The number of carbonyl (C=O) groups excluding carboxylic acids is 1. The van der Waals surface area contributed by atoms with Crippen LogP contribution in [-0.4, -0.2) is 22.0 Å². The predicted octanol–water partition coefficient (Wildman–Crippen LogP) is 3.93. The first-order chi connectivity index (χ1) is 10.6. The molecule has 2 rings (SSSR count). The third-order valence-corrected chi connectivity index (χ3v) is 3.86. The predicted molar refractivity (Wildman–Crippen MR) is 88.4 cm³/mol. The zero-order chi connectivity index (χ0) is 17.4. The molecule has 0 aliphatic carbocycles. The first-order valence-electron chi connectivity index (χ1n) is 7.34. The fraction of sp³-hybridized carbons (Fsp3) is 0.263. The van der Waals surface area contributed by atoms with Crippen molar-refractivity contribution >= 4 is 11.8 Å². The molecule has 0 unspecified atom stereocenters. The standard InChI is InChI=1S/C19H20O4/c1-11-13(16(20)12-8-6-5-7-9-12)10-14(19(2,3)4)17(21)15(11)18(22)23/h5-10,21H,1-4H3,(H,22,23). The Labute approximate surface area is 135 Å². The van der Waals surface area contributed by atoms with Crippen molar-refractivity contribution in [3.8, 4) is 5.75 Å². The van der Waals surface area contributed by atoms with E-state index >= 15 is 0 Å². The molecule has 0 radical (unpaired) electrons. The van der Waals surface area contributed by atoms with Gasteiger partial charge in [-0.15, -0.1) is 0 Å². The number of aromatic hydroxyl groups is 1. The van der Waals surface area contributed by atoms with Crippen molar-refractivity contribution in [2.24, 2.45) is 0 Å². The second-order valence-corrected chi connectivity index (χ2v) is 6.57. The number of carboxylic acids is 1. The second kappa shape index (κ2) is 5.88. The minimum atomic E-state index is -1.24. The second-order valence-electron chi connectivity index (χ2n) is 6.57. The van der Waals surface area contributed by atoms with E-state index in [1.165, 1.54) is 0 Å². The molecule has 0 aromatic heterocycles. The van der Waals surface area contributed by atoms with E-state index < -0.39 is 11.4 Å². The van der Waals surface area contributed by atoms with Crippen molar-refractivity contribution in [3.63, 3.8) is 0 Å². The Kier molecular flexibility index (Phi) is 4.28. The number of hydrogen-bond acceptors (Lipinski definition) is 3. The quantitative estimate of drug-likeness (QED) is 0.842. The van der Waals surface area contributed by atoms with Crippen molar-refractivity contribution in [2.45, 2.75) is 33.1 Å². The van der Waals surface area contributed by atoms with Crippen LogP contribution < -0.4 is 0 Å². The van der Waals surface area contributed by atoms with Gasteiger partial charge in [0.25, 0.3) is 0 Å². The van der Waals surface area contributed by atoms with E-state index in [-0.39, 0.29) is 22.7 Å². The lowest BCUT2D eigenvalue weighted by molar-refractivity contribution is 0.0692. The molecular weight excluding hydrogens is 292 g/mol. The molecule has 4 nitrogen and oxygen atoms in total. The van der Waals surface area contributed by atoms with Crippen LogP contribution in [0.4, 0.5) is 0 Å². The minimum absolute atomic E-state index is 0.211. The van der Waals surface area contributed by atoms with Gasteiger partial charge in [-0.1, -0.05) is 51.1 Å². The summed E-state index contributed by atoms with van der Waals surface area (Å²) in [5, 5.41) is 19.8. The normalized spacial score (nSPS) is 11.3. The third-order valence-electron chi connectivity index (χ3n) is 3.86. The van der Waals surface area contributed by atoms with Crippen LogP contribution in [0.5, 0.6) is 5.75 Å². The highest BCUT2D eigenvalue weighted by atomic mass is 16.4. The Bertz CT molecular complexity index is 768. The average Bonchev–Trinajstić information content (AvgIpc) is 2.46. The van der Waals surface area contributed by atoms with Gasteiger partial charge in [0.15, 0.2) is 5.78 Å². The van der Waals surface area contributed by atoms with Crippen LogP contribution in [0.25, 0.3) is 0 Å². The molecule has 2 aromatic carbocycles. The Hall–Kier alpha value is -2.62. The minimum Gasteiger partial charge on any atom is -0.507 e. The van der Waals surface area contributed by atoms with E-state index in [1.807, 2.05) is 26.8 Å². The SMILES string of the molecule is Cc1c(C(=O)c2ccccc2)cc(C(C)(C)C)c(O)c1C(=O)O. The molecule has 0 bridgehead atoms. The largest absolute Gasteiger partial charge is 0.507 e. The lowest BCUT2D eigenvalue weighted by atomic mass is 9.81. The number of carboxylic acid groups (broad SMARTS) is 1. The zero-order valence-electron chi connectivity index (χ0n) is 13.7. The van der Waals surface area contributed by atoms with E-state index in [9.17, 15) is 19.8 Å². The summed E-state index contributed by atoms with van der Waals surface area (Å²) >= 11 is 0. The van der Waals surface area contributed by atoms with E-state index in [0.29, 0.717) is 16.7 Å². The molecule has 0 amide bonds. The number of phenols is 1. The number of rotatable bonds is 3. The van der Waals surface area contributed by atoms with Gasteiger partial charge in [-0.05, 0) is 24.0 Å². The summed E-state index contributed by atoms with van der Waals surface area (Å²) in [7, 11) is 0. The van der Waals surface area contributed by atoms with Gasteiger partial charge in [0.1, 0.15) is 11.3 Å². The van der Waals surface area contributed by atoms with Gasteiger partial charge in [-0.2, -0.15) is 0 Å². The summed E-state index contributed by atoms with van der Waals surface area (Å²) in [6, 6.07) is 10.3. The lowest BCUT2D eigenvalue weighted by Gasteiger charge is -2.23. The number of aromatic carboxylic acids is 1. The molecule has 23 heavy (non-hydrogen) atoms.